The van der Waals surface area contributed by atoms with Crippen molar-refractivity contribution >= 4 is 18.1 Å². The van der Waals surface area contributed by atoms with Gasteiger partial charge in [-0.05, 0) is 31.7 Å². The maximum atomic E-state index is 10.6. The highest BCUT2D eigenvalue weighted by molar-refractivity contribution is 5.67. The second-order valence-corrected chi connectivity index (χ2v) is 5.15. The number of carbonyl (C=O) groups is 2. The molecule has 0 amide bonds. The number of anilines is 1. The van der Waals surface area contributed by atoms with Gasteiger partial charge in [0.25, 0.3) is 0 Å². The Bertz CT molecular complexity index is 529. The van der Waals surface area contributed by atoms with E-state index < -0.39 is 18.4 Å². The van der Waals surface area contributed by atoms with Crippen LogP contribution in [0.1, 0.15) is 25.1 Å². The first kappa shape index (κ1) is 18.9. The van der Waals surface area contributed by atoms with E-state index in [-0.39, 0.29) is 6.42 Å². The Labute approximate surface area is 131 Å². The molecular weight excluding hydrogens is 315 g/mol. The first-order valence-corrected chi connectivity index (χ1v) is 7.00. The number of rotatable bonds is 3. The number of halogens is 3. The molecule has 1 N–H and O–H groups in total. The Kier molecular flexibility index (Phi) is 6.92. The molecule has 2 heterocycles. The highest BCUT2D eigenvalue weighted by atomic mass is 19.4. The lowest BCUT2D eigenvalue weighted by Gasteiger charge is -2.32. The number of hydrogen-bond donors (Lipinski definition) is 1. The van der Waals surface area contributed by atoms with Gasteiger partial charge in [0.1, 0.15) is 11.6 Å². The fourth-order valence-corrected chi connectivity index (χ4v) is 2.23. The van der Waals surface area contributed by atoms with Crippen molar-refractivity contribution in [2.24, 2.45) is 5.92 Å². The lowest BCUT2D eigenvalue weighted by atomic mass is 9.94. The van der Waals surface area contributed by atoms with Gasteiger partial charge in [0, 0.05) is 25.7 Å². The summed E-state index contributed by atoms with van der Waals surface area (Å²) >= 11 is 0. The summed E-state index contributed by atoms with van der Waals surface area (Å²) in [5, 5.41) is 8.75. The molecule has 0 radical (unpaired) electrons. The second-order valence-electron chi connectivity index (χ2n) is 5.15. The van der Waals surface area contributed by atoms with Crippen LogP contribution >= 0.6 is 0 Å². The summed E-state index contributed by atoms with van der Waals surface area (Å²) in [5.74, 6) is 1.34. The number of carbonyl (C=O) groups excluding carboxylic acids is 1. The molecule has 0 spiro atoms. The minimum Gasteiger partial charge on any atom is -0.481 e. The lowest BCUT2D eigenvalue weighted by molar-refractivity contribution is -0.156. The molecule has 1 fully saturated rings. The number of aryl methyl sites for hydroxylation is 1. The maximum Gasteiger partial charge on any atom is 0.446 e. The van der Waals surface area contributed by atoms with E-state index in [0.29, 0.717) is 5.92 Å². The summed E-state index contributed by atoms with van der Waals surface area (Å²) < 4.78 is 31.2. The van der Waals surface area contributed by atoms with E-state index in [1.165, 1.54) is 0 Å². The number of nitrogens with zero attached hydrogens (tertiary/aromatic N) is 3. The molecule has 1 aliphatic heterocycles. The third-order valence-corrected chi connectivity index (χ3v) is 3.30. The van der Waals surface area contributed by atoms with Crippen LogP contribution in [0.2, 0.25) is 0 Å². The summed E-state index contributed by atoms with van der Waals surface area (Å²) in [5.41, 5.74) is 0. The summed E-state index contributed by atoms with van der Waals surface area (Å²) in [4.78, 5) is 30.0. The third kappa shape index (κ3) is 7.57. The van der Waals surface area contributed by atoms with Crippen molar-refractivity contribution in [1.29, 1.82) is 0 Å². The Hall–Kier alpha value is -2.19. The zero-order chi connectivity index (χ0) is 17.5. The summed E-state index contributed by atoms with van der Waals surface area (Å²) in [6.45, 7) is 3.64. The smallest absolute Gasteiger partial charge is 0.446 e. The number of piperidine rings is 1. The lowest BCUT2D eigenvalue weighted by Crippen LogP contribution is -2.35. The van der Waals surface area contributed by atoms with Gasteiger partial charge in [-0.3, -0.25) is 9.59 Å². The fourth-order valence-electron chi connectivity index (χ4n) is 2.23. The molecule has 1 aromatic heterocycles. The molecule has 128 valence electrons. The molecule has 1 saturated heterocycles. The summed E-state index contributed by atoms with van der Waals surface area (Å²) in [6, 6.07) is 1.91. The fraction of sp³-hybridized carbons (Fsp3) is 0.571. The van der Waals surface area contributed by atoms with Gasteiger partial charge in [0.2, 0.25) is 6.29 Å². The number of aliphatic carboxylic acids is 1. The van der Waals surface area contributed by atoms with Crippen molar-refractivity contribution in [2.75, 3.05) is 18.0 Å². The van der Waals surface area contributed by atoms with Crippen LogP contribution in [-0.2, 0) is 9.59 Å². The molecule has 1 aromatic rings. The Balaban J connectivity index is 0.000000379. The molecule has 1 aliphatic rings. The van der Waals surface area contributed by atoms with Crippen LogP contribution in [0, 0.1) is 12.8 Å². The number of hydrogen-bond acceptors (Lipinski definition) is 5. The van der Waals surface area contributed by atoms with Crippen LogP contribution in [0.4, 0.5) is 19.0 Å². The van der Waals surface area contributed by atoms with Gasteiger partial charge in [0.15, 0.2) is 0 Å². The molecule has 0 atom stereocenters. The van der Waals surface area contributed by atoms with E-state index in [0.717, 1.165) is 37.6 Å². The van der Waals surface area contributed by atoms with Gasteiger partial charge >= 0.3 is 12.1 Å². The van der Waals surface area contributed by atoms with Crippen LogP contribution in [-0.4, -0.2) is 46.6 Å². The predicted octanol–water partition coefficient (Wildman–Crippen LogP) is 2.22. The summed E-state index contributed by atoms with van der Waals surface area (Å²) in [6.07, 6.45) is -1.80. The topological polar surface area (TPSA) is 83.4 Å². The average Bonchev–Trinajstić information content (AvgIpc) is 2.47. The highest BCUT2D eigenvalue weighted by Gasteiger charge is 2.25. The van der Waals surface area contributed by atoms with Crippen LogP contribution in [0.5, 0.6) is 0 Å². The van der Waals surface area contributed by atoms with Gasteiger partial charge in [-0.2, -0.15) is 13.2 Å². The van der Waals surface area contributed by atoms with Crippen molar-refractivity contribution < 1.29 is 27.9 Å². The van der Waals surface area contributed by atoms with E-state index in [2.05, 4.69) is 14.9 Å². The molecule has 2 rings (SSSR count). The minimum absolute atomic E-state index is 0.288. The SMILES string of the molecule is Cc1nccc(N2CCC(CC(=O)O)CC2)n1.O=CC(F)(F)F. The highest BCUT2D eigenvalue weighted by Crippen LogP contribution is 2.23. The largest absolute Gasteiger partial charge is 0.481 e. The average molecular weight is 333 g/mol. The van der Waals surface area contributed by atoms with Crippen molar-refractivity contribution in [1.82, 2.24) is 9.97 Å². The molecular formula is C14H18F3N3O3. The van der Waals surface area contributed by atoms with E-state index in [1.54, 1.807) is 6.20 Å². The molecule has 0 aromatic carbocycles. The van der Waals surface area contributed by atoms with Crippen LogP contribution in [0.25, 0.3) is 0 Å². The number of carboxylic acids is 1. The zero-order valence-corrected chi connectivity index (χ0v) is 12.6. The quantitative estimate of drug-likeness (QED) is 0.854. The first-order chi connectivity index (χ1) is 10.7. The monoisotopic (exact) mass is 333 g/mol. The first-order valence-electron chi connectivity index (χ1n) is 7.00. The van der Waals surface area contributed by atoms with Gasteiger partial charge in [-0.1, -0.05) is 0 Å². The van der Waals surface area contributed by atoms with Gasteiger partial charge in [-0.25, -0.2) is 9.97 Å². The number of aldehydes is 1. The van der Waals surface area contributed by atoms with Gasteiger partial charge < -0.3 is 10.0 Å². The van der Waals surface area contributed by atoms with Gasteiger partial charge in [-0.15, -0.1) is 0 Å². The Morgan fingerprint density at radius 1 is 1.43 bits per heavy atom. The molecule has 0 saturated carbocycles. The maximum absolute atomic E-state index is 10.6. The Morgan fingerprint density at radius 3 is 2.43 bits per heavy atom. The molecule has 23 heavy (non-hydrogen) atoms. The van der Waals surface area contributed by atoms with Crippen LogP contribution in [0.3, 0.4) is 0 Å². The molecule has 0 aliphatic carbocycles. The third-order valence-electron chi connectivity index (χ3n) is 3.30. The van der Waals surface area contributed by atoms with Crippen molar-refractivity contribution in [3.8, 4) is 0 Å². The van der Waals surface area contributed by atoms with Gasteiger partial charge in [0.05, 0.1) is 0 Å². The standard InChI is InChI=1S/C12H17N3O2.C2HF3O/c1-9-13-5-2-11(14-9)15-6-3-10(4-7-15)8-12(16)17;3-2(4,5)1-6/h2,5,10H,3-4,6-8H2,1H3,(H,16,17);1H. The van der Waals surface area contributed by atoms with Crippen molar-refractivity contribution in [2.45, 2.75) is 32.4 Å². The molecule has 0 bridgehead atoms. The van der Waals surface area contributed by atoms with E-state index in [1.807, 2.05) is 13.0 Å². The normalized spacial score (nSPS) is 15.6. The van der Waals surface area contributed by atoms with Crippen LogP contribution in [0.15, 0.2) is 12.3 Å². The number of alkyl halides is 3. The van der Waals surface area contributed by atoms with Crippen molar-refractivity contribution in [3.05, 3.63) is 18.1 Å². The molecule has 0 unspecified atom stereocenters. The second kappa shape index (κ2) is 8.44. The zero-order valence-electron chi connectivity index (χ0n) is 12.6. The summed E-state index contributed by atoms with van der Waals surface area (Å²) in [7, 11) is 0. The predicted molar refractivity (Wildman–Crippen MR) is 76.1 cm³/mol. The van der Waals surface area contributed by atoms with Crippen molar-refractivity contribution in [3.63, 3.8) is 0 Å². The Morgan fingerprint density at radius 2 is 2.00 bits per heavy atom. The minimum atomic E-state index is -4.64. The number of aromatic nitrogens is 2. The van der Waals surface area contributed by atoms with E-state index in [9.17, 15) is 18.0 Å². The van der Waals surface area contributed by atoms with Crippen LogP contribution < -0.4 is 4.90 Å². The number of carboxylic acid groups (broad SMARTS) is 1. The van der Waals surface area contributed by atoms with E-state index >= 15 is 0 Å². The van der Waals surface area contributed by atoms with E-state index in [4.69, 9.17) is 9.90 Å². The molecule has 6 nitrogen and oxygen atoms in total. The molecule has 9 heteroatoms.